The smallest absolute Gasteiger partial charge is 0.228 e. The minimum absolute atomic E-state index is 0.271. The van der Waals surface area contributed by atoms with E-state index >= 15 is 0 Å². The molecule has 0 aliphatic heterocycles. The quantitative estimate of drug-likeness (QED) is 0.594. The first kappa shape index (κ1) is 16.0. The Kier molecular flexibility index (Phi) is 5.97. The zero-order chi connectivity index (χ0) is 15.8. The van der Waals surface area contributed by atoms with Crippen molar-refractivity contribution in [2.45, 2.75) is 6.10 Å². The van der Waals surface area contributed by atoms with Crippen LogP contribution in [-0.2, 0) is 0 Å². The molecule has 0 amide bonds. The summed E-state index contributed by atoms with van der Waals surface area (Å²) in [6.45, 7) is 0. The Hall–Kier alpha value is -2.34. The van der Waals surface area contributed by atoms with Gasteiger partial charge in [-0.25, -0.2) is 4.98 Å². The van der Waals surface area contributed by atoms with E-state index < -0.39 is 16.9 Å². The van der Waals surface area contributed by atoms with Gasteiger partial charge in [-0.3, -0.25) is 4.79 Å². The summed E-state index contributed by atoms with van der Waals surface area (Å²) < 4.78 is 10.1. The molecule has 3 aromatic rings. The van der Waals surface area contributed by atoms with Crippen LogP contribution in [0.5, 0.6) is 0 Å². The highest BCUT2D eigenvalue weighted by molar-refractivity contribution is 7.21. The molecule has 0 saturated heterocycles. The molecule has 1 aromatic heterocycles. The van der Waals surface area contributed by atoms with E-state index in [0.717, 1.165) is 0 Å². The lowest BCUT2D eigenvalue weighted by atomic mass is 10.0. The number of benzene rings is 2. The minimum atomic E-state index is -1.08. The van der Waals surface area contributed by atoms with Crippen LogP contribution in [0, 0.1) is 0 Å². The van der Waals surface area contributed by atoms with E-state index in [1.165, 1.54) is 17.1 Å². The third-order valence-corrected chi connectivity index (χ3v) is 3.59. The van der Waals surface area contributed by atoms with Gasteiger partial charge in [0.1, 0.15) is 6.10 Å². The third kappa shape index (κ3) is 4.60. The van der Waals surface area contributed by atoms with E-state index in [4.69, 9.17) is 0 Å². The Balaban J connectivity index is 0.000000246. The van der Waals surface area contributed by atoms with Gasteiger partial charge < -0.3 is 9.66 Å². The number of rotatable bonds is 3. The largest absolute Gasteiger partial charge is 0.589 e. The Labute approximate surface area is 131 Å². The third-order valence-electron chi connectivity index (χ3n) is 2.87. The molecule has 0 spiro atoms. The number of Topliss-reactive ketones (excluding diaryl/α,β-unsaturated/α-hetero) is 1. The van der Waals surface area contributed by atoms with Crippen molar-refractivity contribution in [1.82, 2.24) is 4.98 Å². The van der Waals surface area contributed by atoms with Crippen LogP contribution in [0.4, 0.5) is 0 Å². The van der Waals surface area contributed by atoms with Gasteiger partial charge in [0.2, 0.25) is 5.51 Å². The van der Waals surface area contributed by atoms with Crippen LogP contribution in [0.1, 0.15) is 22.0 Å². The molecule has 0 radical (unpaired) electrons. The van der Waals surface area contributed by atoms with E-state index in [1.54, 1.807) is 48.5 Å². The van der Waals surface area contributed by atoms with Gasteiger partial charge >= 0.3 is 0 Å². The molecule has 0 aliphatic rings. The van der Waals surface area contributed by atoms with Gasteiger partial charge in [0, 0.05) is 5.56 Å². The van der Waals surface area contributed by atoms with Crippen molar-refractivity contribution in [1.29, 1.82) is 0 Å². The predicted octanol–water partition coefficient (Wildman–Crippen LogP) is 3.41. The van der Waals surface area contributed by atoms with Gasteiger partial charge in [0.15, 0.2) is 11.2 Å². The first-order valence-corrected chi connectivity index (χ1v) is 7.87. The molecule has 0 bridgehead atoms. The molecule has 2 atom stereocenters. The maximum atomic E-state index is 11.9. The zero-order valence-corrected chi connectivity index (χ0v) is 12.5. The van der Waals surface area contributed by atoms with E-state index in [9.17, 15) is 14.5 Å². The maximum absolute atomic E-state index is 11.9. The van der Waals surface area contributed by atoms with Crippen molar-refractivity contribution in [2.24, 2.45) is 0 Å². The summed E-state index contributed by atoms with van der Waals surface area (Å²) in [7, 11) is -0.895. The second kappa shape index (κ2) is 8.19. The maximum Gasteiger partial charge on any atom is 0.228 e. The summed E-state index contributed by atoms with van der Waals surface area (Å²) >= 11 is 0. The van der Waals surface area contributed by atoms with Crippen molar-refractivity contribution >= 4 is 16.5 Å². The summed E-state index contributed by atoms with van der Waals surface area (Å²) in [5, 5.41) is 11.4. The fourth-order valence-corrected chi connectivity index (χ4v) is 2.22. The van der Waals surface area contributed by atoms with Crippen LogP contribution >= 0.6 is 10.8 Å². The van der Waals surface area contributed by atoms with Crippen LogP contribution in [-0.4, -0.2) is 20.4 Å². The average Bonchev–Trinajstić information content (AvgIpc) is 3.07. The number of hydrogen-bond donors (Lipinski definition) is 1. The first-order chi connectivity index (χ1) is 10.7. The SMILES string of the molecule is O=C(c1ccccc1)C(O)c1ccccc1.[O-][s+]1ccnc1. The Bertz CT molecular complexity index is 684. The number of aliphatic hydroxyl groups excluding tert-OH is 1. The summed E-state index contributed by atoms with van der Waals surface area (Å²) in [4.78, 5) is 15.5. The average molecular weight is 313 g/mol. The first-order valence-electron chi connectivity index (χ1n) is 6.60. The standard InChI is InChI=1S/C14H12O2.C3H3NOS/c15-13(11-7-3-1-4-8-11)14(16)12-9-5-2-6-10-12;5-6-2-1-4-3-6/h1-10,13,15H;1-3H. The summed E-state index contributed by atoms with van der Waals surface area (Å²) in [5.74, 6) is -0.271. The Morgan fingerprint density at radius 2 is 1.64 bits per heavy atom. The van der Waals surface area contributed by atoms with E-state index in [1.807, 2.05) is 12.1 Å². The lowest BCUT2D eigenvalue weighted by molar-refractivity contribution is 0.0747. The highest BCUT2D eigenvalue weighted by Gasteiger charge is 2.18. The van der Waals surface area contributed by atoms with Crippen molar-refractivity contribution < 1.29 is 14.5 Å². The molecule has 1 heterocycles. The number of hydrogen-bond acceptors (Lipinski definition) is 4. The fourth-order valence-electron chi connectivity index (χ4n) is 1.77. The lowest BCUT2D eigenvalue weighted by Crippen LogP contribution is -2.11. The highest BCUT2D eigenvalue weighted by Crippen LogP contribution is 2.17. The Morgan fingerprint density at radius 3 is 2.09 bits per heavy atom. The summed E-state index contributed by atoms with van der Waals surface area (Å²) in [6, 6.07) is 17.7. The van der Waals surface area contributed by atoms with E-state index in [2.05, 4.69) is 4.98 Å². The predicted molar refractivity (Wildman–Crippen MR) is 85.1 cm³/mol. The number of nitrogens with zero attached hydrogens (tertiary/aromatic N) is 1. The van der Waals surface area contributed by atoms with Crippen molar-refractivity contribution in [2.75, 3.05) is 0 Å². The lowest BCUT2D eigenvalue weighted by Gasteiger charge is -2.09. The molecule has 2 aromatic carbocycles. The molecule has 5 heteroatoms. The van der Waals surface area contributed by atoms with Crippen LogP contribution in [0.2, 0.25) is 0 Å². The number of carbonyl (C=O) groups is 1. The normalized spacial score (nSPS) is 12.0. The van der Waals surface area contributed by atoms with E-state index in [0.29, 0.717) is 11.1 Å². The van der Waals surface area contributed by atoms with Gasteiger partial charge in [-0.05, 0) is 16.3 Å². The van der Waals surface area contributed by atoms with E-state index in [-0.39, 0.29) is 5.78 Å². The molecular weight excluding hydrogens is 298 g/mol. The second-order valence-corrected chi connectivity index (χ2v) is 5.55. The molecule has 2 unspecified atom stereocenters. The number of ketones is 1. The highest BCUT2D eigenvalue weighted by atomic mass is 32.2. The molecular formula is C17H15NO3S. The molecule has 1 N–H and O–H groups in total. The molecule has 22 heavy (non-hydrogen) atoms. The van der Waals surface area contributed by atoms with Crippen molar-refractivity contribution in [3.63, 3.8) is 0 Å². The molecule has 0 saturated carbocycles. The molecule has 4 nitrogen and oxygen atoms in total. The van der Waals surface area contributed by atoms with Gasteiger partial charge in [-0.15, -0.1) is 0 Å². The number of thiazole rings is 1. The fraction of sp³-hybridized carbons (Fsp3) is 0.0588. The van der Waals surface area contributed by atoms with Gasteiger partial charge in [0.25, 0.3) is 0 Å². The van der Waals surface area contributed by atoms with Crippen LogP contribution in [0.3, 0.4) is 0 Å². The monoisotopic (exact) mass is 313 g/mol. The molecule has 0 fully saturated rings. The number of aliphatic hydroxyl groups is 1. The van der Waals surface area contributed by atoms with Crippen molar-refractivity contribution in [3.8, 4) is 0 Å². The van der Waals surface area contributed by atoms with Crippen LogP contribution in [0.15, 0.2) is 77.8 Å². The summed E-state index contributed by atoms with van der Waals surface area (Å²) in [5.41, 5.74) is 2.54. The van der Waals surface area contributed by atoms with Gasteiger partial charge in [-0.2, -0.15) is 0 Å². The molecule has 3 rings (SSSR count). The topological polar surface area (TPSA) is 73.2 Å². The van der Waals surface area contributed by atoms with Gasteiger partial charge in [-0.1, -0.05) is 60.7 Å². The molecule has 112 valence electrons. The summed E-state index contributed by atoms with van der Waals surface area (Å²) in [6.07, 6.45) is 0.444. The zero-order valence-electron chi connectivity index (χ0n) is 11.7. The van der Waals surface area contributed by atoms with Crippen LogP contribution in [0.25, 0.3) is 0 Å². The Morgan fingerprint density at radius 1 is 1.05 bits per heavy atom. The van der Waals surface area contributed by atoms with Crippen LogP contribution < -0.4 is 0 Å². The minimum Gasteiger partial charge on any atom is -0.589 e. The molecule has 0 aliphatic carbocycles. The number of carbonyl (C=O) groups excluding carboxylic acids is 1. The second-order valence-electron chi connectivity index (χ2n) is 4.41. The number of aromatic nitrogens is 1. The van der Waals surface area contributed by atoms with Gasteiger partial charge in [0.05, 0.1) is 6.20 Å². The van der Waals surface area contributed by atoms with Crippen molar-refractivity contribution in [3.05, 3.63) is 88.9 Å².